The van der Waals surface area contributed by atoms with Crippen molar-refractivity contribution in [3.63, 3.8) is 0 Å². The van der Waals surface area contributed by atoms with Crippen LogP contribution in [-0.2, 0) is 11.3 Å². The molecule has 0 bridgehead atoms. The highest BCUT2D eigenvalue weighted by Crippen LogP contribution is 2.46. The number of aryl methyl sites for hydroxylation is 1. The summed E-state index contributed by atoms with van der Waals surface area (Å²) in [5.41, 5.74) is 5.17. The van der Waals surface area contributed by atoms with Crippen molar-refractivity contribution in [2.45, 2.75) is 64.5 Å². The zero-order valence-corrected chi connectivity index (χ0v) is 25.9. The van der Waals surface area contributed by atoms with Crippen molar-refractivity contribution in [1.29, 1.82) is 0 Å². The monoisotopic (exact) mass is 572 g/mol. The van der Waals surface area contributed by atoms with E-state index >= 15 is 0 Å². The van der Waals surface area contributed by atoms with Crippen molar-refractivity contribution in [1.82, 2.24) is 4.90 Å². The Morgan fingerprint density at radius 3 is 2.55 bits per heavy atom. The van der Waals surface area contributed by atoms with Crippen LogP contribution in [0, 0.1) is 0 Å². The van der Waals surface area contributed by atoms with Gasteiger partial charge >= 0.3 is 6.09 Å². The Hall–Kier alpha value is -3.29. The van der Waals surface area contributed by atoms with Crippen LogP contribution in [0.25, 0.3) is 16.3 Å². The average molecular weight is 573 g/mol. The first-order valence-electron chi connectivity index (χ1n) is 13.9. The fourth-order valence-corrected chi connectivity index (χ4v) is 7.50. The summed E-state index contributed by atoms with van der Waals surface area (Å²) in [4.78, 5) is 18.5. The van der Waals surface area contributed by atoms with Gasteiger partial charge in [-0.05, 0) is 89.0 Å². The number of para-hydroxylation sites is 2. The normalized spacial score (nSPS) is 17.6. The number of amides is 1. The number of aromatic nitrogens is 1. The van der Waals surface area contributed by atoms with Crippen LogP contribution >= 0.6 is 23.1 Å². The number of fused-ring (bicyclic) bond motifs is 2. The van der Waals surface area contributed by atoms with Crippen LogP contribution in [0.5, 0.6) is 0 Å². The van der Waals surface area contributed by atoms with Crippen molar-refractivity contribution in [3.05, 3.63) is 93.6 Å². The van der Waals surface area contributed by atoms with Gasteiger partial charge in [0.1, 0.15) is 16.8 Å². The van der Waals surface area contributed by atoms with Gasteiger partial charge in [-0.1, -0.05) is 53.4 Å². The number of thioether (sulfide) groups is 1. The minimum absolute atomic E-state index is 0.336. The summed E-state index contributed by atoms with van der Waals surface area (Å²) < 4.78 is 9.40. The fourth-order valence-electron chi connectivity index (χ4n) is 5.24. The number of likely N-dealkylation sites (N-methyl/N-ethyl adjacent to an activating group) is 1. The van der Waals surface area contributed by atoms with Crippen LogP contribution in [0.1, 0.15) is 52.5 Å². The topological polar surface area (TPSA) is 36.7 Å². The highest BCUT2D eigenvalue weighted by Gasteiger charge is 2.29. The summed E-state index contributed by atoms with van der Waals surface area (Å²) >= 11 is 3.59. The van der Waals surface area contributed by atoms with E-state index in [4.69, 9.17) is 4.74 Å². The molecule has 208 valence electrons. The fraction of sp³-hybridized carbons (Fsp3) is 0.333. The molecule has 5 rings (SSSR count). The van der Waals surface area contributed by atoms with E-state index in [2.05, 4.69) is 96.1 Å². The van der Waals surface area contributed by atoms with E-state index in [0.717, 1.165) is 42.8 Å². The smallest absolute Gasteiger partial charge is 0.414 e. The van der Waals surface area contributed by atoms with Gasteiger partial charge < -0.3 is 9.64 Å². The third-order valence-electron chi connectivity index (χ3n) is 7.03. The predicted molar refractivity (Wildman–Crippen MR) is 168 cm³/mol. The second-order valence-electron chi connectivity index (χ2n) is 10.9. The van der Waals surface area contributed by atoms with E-state index in [9.17, 15) is 4.79 Å². The Morgan fingerprint density at radius 2 is 1.80 bits per heavy atom. The molecule has 1 aromatic heterocycles. The van der Waals surface area contributed by atoms with Crippen molar-refractivity contribution in [2.24, 2.45) is 0 Å². The number of hydrogen-bond acceptors (Lipinski definition) is 5. The Morgan fingerprint density at radius 1 is 1.05 bits per heavy atom. The van der Waals surface area contributed by atoms with Gasteiger partial charge in [0.15, 0.2) is 0 Å². The molecule has 0 saturated heterocycles. The van der Waals surface area contributed by atoms with Crippen LogP contribution in [0.3, 0.4) is 0 Å². The number of carbonyl (C=O) groups excluding carboxylic acids is 1. The number of rotatable bonds is 6. The number of benzene rings is 2. The van der Waals surface area contributed by atoms with Crippen LogP contribution in [-0.4, -0.2) is 30.2 Å². The molecule has 0 saturated carbocycles. The maximum Gasteiger partial charge on any atom is 0.414 e. The summed E-state index contributed by atoms with van der Waals surface area (Å²) in [6, 6.07) is 17.1. The van der Waals surface area contributed by atoms with Gasteiger partial charge in [-0.15, -0.1) is 0 Å². The number of anilines is 1. The van der Waals surface area contributed by atoms with Gasteiger partial charge in [0.2, 0.25) is 5.52 Å². The second kappa shape index (κ2) is 11.7. The maximum absolute atomic E-state index is 13.2. The van der Waals surface area contributed by atoms with E-state index in [0.29, 0.717) is 0 Å². The third-order valence-corrected chi connectivity index (χ3v) is 9.30. The van der Waals surface area contributed by atoms with Gasteiger partial charge in [0, 0.05) is 30.6 Å². The summed E-state index contributed by atoms with van der Waals surface area (Å²) in [6.45, 7) is 11.9. The zero-order chi connectivity index (χ0) is 28.4. The Labute approximate surface area is 246 Å². The number of hydrogen-bond donors (Lipinski definition) is 0. The first-order chi connectivity index (χ1) is 19.2. The molecule has 1 amide bonds. The zero-order valence-electron chi connectivity index (χ0n) is 24.2. The Kier molecular flexibility index (Phi) is 8.24. The van der Waals surface area contributed by atoms with Crippen molar-refractivity contribution >= 4 is 51.2 Å². The molecule has 40 heavy (non-hydrogen) atoms. The van der Waals surface area contributed by atoms with Crippen LogP contribution < -0.4 is 9.47 Å². The van der Waals surface area contributed by atoms with Gasteiger partial charge in [-0.25, -0.2) is 4.79 Å². The lowest BCUT2D eigenvalue weighted by Gasteiger charge is -2.26. The van der Waals surface area contributed by atoms with E-state index in [-0.39, 0.29) is 6.09 Å². The van der Waals surface area contributed by atoms with Crippen molar-refractivity contribution < 1.29 is 14.1 Å². The molecule has 2 heterocycles. The first kappa shape index (κ1) is 28.2. The van der Waals surface area contributed by atoms with Crippen LogP contribution in [0.4, 0.5) is 10.5 Å². The molecule has 1 aliphatic carbocycles. The quantitative estimate of drug-likeness (QED) is 0.277. The van der Waals surface area contributed by atoms with Crippen molar-refractivity contribution in [3.8, 4) is 0 Å². The van der Waals surface area contributed by atoms with Crippen LogP contribution in [0.2, 0.25) is 0 Å². The molecule has 7 heteroatoms. The number of carbonyl (C=O) groups is 1. The summed E-state index contributed by atoms with van der Waals surface area (Å²) in [5, 5.41) is 2.41. The molecule has 5 nitrogen and oxygen atoms in total. The molecule has 0 fully saturated rings. The number of thiazole rings is 1. The molecular formula is C33H38N3O2S2+. The lowest BCUT2D eigenvalue weighted by molar-refractivity contribution is -0.665. The molecular weight excluding hydrogens is 535 g/mol. The summed E-state index contributed by atoms with van der Waals surface area (Å²) in [5.74, 6) is 0. The summed E-state index contributed by atoms with van der Waals surface area (Å²) in [7, 11) is 1.83. The molecule has 2 aliphatic rings. The third kappa shape index (κ3) is 5.77. The lowest BCUT2D eigenvalue weighted by atomic mass is 10.1. The molecule has 0 atom stereocenters. The molecule has 3 aromatic rings. The molecule has 2 aromatic carbocycles. The average Bonchev–Trinajstić information content (AvgIpc) is 3.61. The SMILES string of the molecule is CCN1C(=CC=C2CCC(C=Cc3sc4ccccc4[n+]3CC)=C2N(C)C(=O)OC(C)(C)C)Sc2ccccc21. The maximum atomic E-state index is 13.2. The number of ether oxygens (including phenoxy) is 1. The Balaban J connectivity index is 1.52. The molecule has 0 spiro atoms. The lowest BCUT2D eigenvalue weighted by Crippen LogP contribution is -2.34. The molecule has 0 unspecified atom stereocenters. The predicted octanol–water partition coefficient (Wildman–Crippen LogP) is 8.54. The summed E-state index contributed by atoms with van der Waals surface area (Å²) in [6.07, 6.45) is 10.2. The molecule has 0 radical (unpaired) electrons. The minimum atomic E-state index is -0.565. The first-order valence-corrected chi connectivity index (χ1v) is 15.6. The van der Waals surface area contributed by atoms with Crippen LogP contribution in [0.15, 0.2) is 93.5 Å². The van der Waals surface area contributed by atoms with Gasteiger partial charge in [-0.2, -0.15) is 4.57 Å². The van der Waals surface area contributed by atoms with E-state index < -0.39 is 5.60 Å². The van der Waals surface area contributed by atoms with E-state index in [1.165, 1.54) is 30.8 Å². The largest absolute Gasteiger partial charge is 0.443 e. The van der Waals surface area contributed by atoms with Gasteiger partial charge in [0.05, 0.1) is 16.4 Å². The van der Waals surface area contributed by atoms with E-state index in [1.807, 2.05) is 27.8 Å². The minimum Gasteiger partial charge on any atom is -0.443 e. The second-order valence-corrected chi connectivity index (χ2v) is 13.0. The van der Waals surface area contributed by atoms with Gasteiger partial charge in [0.25, 0.3) is 5.01 Å². The highest BCUT2D eigenvalue weighted by molar-refractivity contribution is 8.03. The van der Waals surface area contributed by atoms with Gasteiger partial charge in [-0.3, -0.25) is 4.90 Å². The van der Waals surface area contributed by atoms with Crippen molar-refractivity contribution in [2.75, 3.05) is 18.5 Å². The molecule has 1 aliphatic heterocycles. The highest BCUT2D eigenvalue weighted by atomic mass is 32.2. The Bertz CT molecular complexity index is 1560. The number of nitrogens with zero attached hydrogens (tertiary/aromatic N) is 3. The van der Waals surface area contributed by atoms with E-state index in [1.54, 1.807) is 28.0 Å². The molecule has 0 N–H and O–H groups in total. The number of allylic oxidation sites excluding steroid dienone is 5. The standard InChI is InChI=1S/C33H38N3O2S2/c1-7-35-25-13-9-11-15-27(25)39-29(35)21-19-23-17-18-24(31(23)34(6)32(37)38-33(3,4)5)20-22-30-36(8-2)26-14-10-12-16-28(26)40-30/h9-16,19-22H,7-8,17-18H2,1-6H3/q+1.